The number of rotatable bonds is 8. The number of carbonyl (C=O) groups excluding carboxylic acids is 1. The summed E-state index contributed by atoms with van der Waals surface area (Å²) in [5.41, 5.74) is 4.51. The van der Waals surface area contributed by atoms with Gasteiger partial charge < -0.3 is 19.5 Å². The maximum Gasteiger partial charge on any atom is 0.321 e. The summed E-state index contributed by atoms with van der Waals surface area (Å²) in [6, 6.07) is 20.6. The lowest BCUT2D eigenvalue weighted by Crippen LogP contribution is -2.23. The first-order valence-corrected chi connectivity index (χ1v) is 10.7. The third-order valence-corrected chi connectivity index (χ3v) is 5.34. The van der Waals surface area contributed by atoms with Gasteiger partial charge in [0.25, 0.3) is 5.91 Å². The van der Waals surface area contributed by atoms with E-state index < -0.39 is 0 Å². The molecule has 7 heteroatoms. The molecule has 0 bridgehead atoms. The molecule has 0 aliphatic heterocycles. The zero-order valence-corrected chi connectivity index (χ0v) is 19.2. The number of hydrogen-bond donors (Lipinski definition) is 1. The monoisotopic (exact) mass is 455 g/mol. The van der Waals surface area contributed by atoms with Crippen molar-refractivity contribution in [1.29, 1.82) is 0 Å². The molecule has 0 spiro atoms. The van der Waals surface area contributed by atoms with Crippen LogP contribution in [-0.2, 0) is 6.54 Å². The average Bonchev–Trinajstić information content (AvgIpc) is 2.88. The molecule has 1 heterocycles. The quantitative estimate of drug-likeness (QED) is 0.394. The first kappa shape index (κ1) is 22.8. The smallest absolute Gasteiger partial charge is 0.321 e. The number of ether oxygens (including phenoxy) is 3. The van der Waals surface area contributed by atoms with Crippen LogP contribution in [0.1, 0.15) is 21.5 Å². The number of benzene rings is 3. The van der Waals surface area contributed by atoms with Crippen LogP contribution >= 0.6 is 0 Å². The predicted octanol–water partition coefficient (Wildman–Crippen LogP) is 5.19. The van der Waals surface area contributed by atoms with E-state index in [9.17, 15) is 4.79 Å². The largest absolute Gasteiger partial charge is 0.497 e. The molecule has 0 aliphatic rings. The van der Waals surface area contributed by atoms with E-state index in [2.05, 4.69) is 15.3 Å². The molecule has 1 aromatic heterocycles. The van der Waals surface area contributed by atoms with Crippen molar-refractivity contribution in [2.75, 3.05) is 14.2 Å². The molecule has 0 unspecified atom stereocenters. The van der Waals surface area contributed by atoms with Crippen LogP contribution in [0.2, 0.25) is 0 Å². The molecule has 4 aromatic rings. The Morgan fingerprint density at radius 2 is 1.59 bits per heavy atom. The zero-order valence-electron chi connectivity index (χ0n) is 19.2. The van der Waals surface area contributed by atoms with Crippen LogP contribution in [0, 0.1) is 6.92 Å². The molecule has 0 aliphatic carbocycles. The van der Waals surface area contributed by atoms with Crippen molar-refractivity contribution in [3.8, 4) is 34.4 Å². The number of hydrogen-bond acceptors (Lipinski definition) is 6. The molecule has 1 N–H and O–H groups in total. The highest BCUT2D eigenvalue weighted by molar-refractivity contribution is 5.94. The van der Waals surface area contributed by atoms with E-state index in [1.807, 2.05) is 43.3 Å². The van der Waals surface area contributed by atoms with Crippen LogP contribution < -0.4 is 19.5 Å². The summed E-state index contributed by atoms with van der Waals surface area (Å²) < 4.78 is 16.3. The fraction of sp³-hybridized carbons (Fsp3) is 0.148. The molecular formula is C27H25N3O4. The van der Waals surface area contributed by atoms with Crippen LogP contribution in [0.3, 0.4) is 0 Å². The predicted molar refractivity (Wildman–Crippen MR) is 129 cm³/mol. The molecule has 0 saturated heterocycles. The molecule has 1 amide bonds. The number of amides is 1. The van der Waals surface area contributed by atoms with Gasteiger partial charge in [0.15, 0.2) is 0 Å². The van der Waals surface area contributed by atoms with E-state index >= 15 is 0 Å². The second-order valence-electron chi connectivity index (χ2n) is 7.56. The summed E-state index contributed by atoms with van der Waals surface area (Å²) in [5, 5.41) is 2.90. The Hall–Kier alpha value is -4.39. The third-order valence-electron chi connectivity index (χ3n) is 5.34. The van der Waals surface area contributed by atoms with Crippen LogP contribution in [0.25, 0.3) is 11.1 Å². The van der Waals surface area contributed by atoms with Gasteiger partial charge in [-0.25, -0.2) is 9.97 Å². The van der Waals surface area contributed by atoms with E-state index in [-0.39, 0.29) is 11.9 Å². The number of aryl methyl sites for hydroxylation is 1. The molecular weight excluding hydrogens is 430 g/mol. The van der Waals surface area contributed by atoms with Crippen molar-refractivity contribution in [3.05, 3.63) is 95.8 Å². The molecule has 0 atom stereocenters. The highest BCUT2D eigenvalue weighted by atomic mass is 16.5. The van der Waals surface area contributed by atoms with Gasteiger partial charge in [0.2, 0.25) is 0 Å². The van der Waals surface area contributed by atoms with E-state index in [0.717, 1.165) is 22.3 Å². The van der Waals surface area contributed by atoms with Gasteiger partial charge in [-0.15, -0.1) is 0 Å². The maximum atomic E-state index is 12.6. The Labute approximate surface area is 198 Å². The summed E-state index contributed by atoms with van der Waals surface area (Å²) in [4.78, 5) is 21.2. The molecule has 0 radical (unpaired) electrons. The minimum absolute atomic E-state index is 0.205. The Bertz CT molecular complexity index is 1270. The number of nitrogens with zero attached hydrogens (tertiary/aromatic N) is 2. The third kappa shape index (κ3) is 5.32. The van der Waals surface area contributed by atoms with E-state index in [4.69, 9.17) is 14.2 Å². The molecule has 3 aromatic carbocycles. The van der Waals surface area contributed by atoms with Gasteiger partial charge in [0.05, 0.1) is 14.2 Å². The van der Waals surface area contributed by atoms with Gasteiger partial charge in [0, 0.05) is 41.7 Å². The fourth-order valence-corrected chi connectivity index (χ4v) is 3.46. The second kappa shape index (κ2) is 10.5. The van der Waals surface area contributed by atoms with Crippen LogP contribution in [-0.4, -0.2) is 30.1 Å². The summed E-state index contributed by atoms with van der Waals surface area (Å²) in [6.45, 7) is 2.37. The number of nitrogens with one attached hydrogen (secondary N) is 1. The van der Waals surface area contributed by atoms with Crippen LogP contribution in [0.5, 0.6) is 23.3 Å². The van der Waals surface area contributed by atoms with Gasteiger partial charge in [0.1, 0.15) is 17.2 Å². The number of aromatic nitrogens is 2. The lowest BCUT2D eigenvalue weighted by Gasteiger charge is -2.11. The lowest BCUT2D eigenvalue weighted by atomic mass is 10.0. The van der Waals surface area contributed by atoms with E-state index in [1.165, 1.54) is 0 Å². The van der Waals surface area contributed by atoms with Crippen molar-refractivity contribution in [1.82, 2.24) is 15.3 Å². The molecule has 172 valence electrons. The standard InChI is InChI=1S/C27H25N3O4/c1-18-6-4-5-7-24(18)21-16-29-27(30-17-21)34-22-11-8-19(9-12-22)26(31)28-15-20-10-13-23(32-2)14-25(20)33-3/h4-14,16-17H,15H2,1-3H3,(H,28,31). The van der Waals surface area contributed by atoms with Gasteiger partial charge in [-0.05, 0) is 54.4 Å². The second-order valence-corrected chi connectivity index (χ2v) is 7.56. The van der Waals surface area contributed by atoms with Crippen molar-refractivity contribution < 1.29 is 19.0 Å². The Balaban J connectivity index is 1.36. The van der Waals surface area contributed by atoms with Crippen molar-refractivity contribution in [3.63, 3.8) is 0 Å². The van der Waals surface area contributed by atoms with Gasteiger partial charge in [-0.3, -0.25) is 4.79 Å². The number of methoxy groups -OCH3 is 2. The highest BCUT2D eigenvalue weighted by Gasteiger charge is 2.10. The Kier molecular flexibility index (Phi) is 7.03. The van der Waals surface area contributed by atoms with Gasteiger partial charge in [-0.1, -0.05) is 24.3 Å². The average molecular weight is 456 g/mol. The first-order chi connectivity index (χ1) is 16.6. The number of carbonyl (C=O) groups is 1. The lowest BCUT2D eigenvalue weighted by molar-refractivity contribution is 0.0950. The SMILES string of the molecule is COc1ccc(CNC(=O)c2ccc(Oc3ncc(-c4ccccc4C)cn3)cc2)c(OC)c1. The maximum absolute atomic E-state index is 12.6. The zero-order chi connectivity index (χ0) is 23.9. The fourth-order valence-electron chi connectivity index (χ4n) is 3.46. The van der Waals surface area contributed by atoms with Crippen LogP contribution in [0.15, 0.2) is 79.1 Å². The van der Waals surface area contributed by atoms with E-state index in [1.54, 1.807) is 56.9 Å². The van der Waals surface area contributed by atoms with Gasteiger partial charge >= 0.3 is 6.01 Å². The molecule has 34 heavy (non-hydrogen) atoms. The molecule has 0 saturated carbocycles. The van der Waals surface area contributed by atoms with Crippen LogP contribution in [0.4, 0.5) is 0 Å². The molecule has 7 nitrogen and oxygen atoms in total. The highest BCUT2D eigenvalue weighted by Crippen LogP contribution is 2.25. The Morgan fingerprint density at radius 1 is 0.882 bits per heavy atom. The Morgan fingerprint density at radius 3 is 2.26 bits per heavy atom. The summed E-state index contributed by atoms with van der Waals surface area (Å²) >= 11 is 0. The summed E-state index contributed by atoms with van der Waals surface area (Å²) in [7, 11) is 3.18. The van der Waals surface area contributed by atoms with Crippen molar-refractivity contribution >= 4 is 5.91 Å². The topological polar surface area (TPSA) is 82.6 Å². The normalized spacial score (nSPS) is 10.4. The minimum Gasteiger partial charge on any atom is -0.497 e. The van der Waals surface area contributed by atoms with Crippen molar-refractivity contribution in [2.45, 2.75) is 13.5 Å². The summed E-state index contributed by atoms with van der Waals surface area (Å²) in [6.07, 6.45) is 3.47. The molecule has 0 fully saturated rings. The van der Waals surface area contributed by atoms with Crippen molar-refractivity contribution in [2.24, 2.45) is 0 Å². The minimum atomic E-state index is -0.205. The molecule has 4 rings (SSSR count). The summed E-state index contributed by atoms with van der Waals surface area (Å²) in [5.74, 6) is 1.67. The van der Waals surface area contributed by atoms with E-state index in [0.29, 0.717) is 29.4 Å². The van der Waals surface area contributed by atoms with Gasteiger partial charge in [-0.2, -0.15) is 0 Å². The first-order valence-electron chi connectivity index (χ1n) is 10.7.